The molecule has 2 aliphatic heterocycles. The highest BCUT2D eigenvalue weighted by molar-refractivity contribution is 9.09. The molecule has 5 nitrogen and oxygen atoms in total. The molecule has 0 spiro atoms. The number of nitrogens with two attached hydrogens (primary N) is 1. The molecule has 0 aromatic heterocycles. The number of ether oxygens (including phenoxy) is 1. The first-order valence-electron chi connectivity index (χ1n) is 10.1. The van der Waals surface area contributed by atoms with Crippen LogP contribution in [0.15, 0.2) is 47.0 Å². The average Bonchev–Trinajstić information content (AvgIpc) is 2.93. The van der Waals surface area contributed by atoms with Gasteiger partial charge in [-0.25, -0.2) is 4.79 Å². The number of carbonyl (C=O) groups excluding carboxylic acids is 1. The maximum absolute atomic E-state index is 12.8. The molecule has 6 heteroatoms. The van der Waals surface area contributed by atoms with Gasteiger partial charge < -0.3 is 10.5 Å². The lowest BCUT2D eigenvalue weighted by Gasteiger charge is -2.38. The van der Waals surface area contributed by atoms with Gasteiger partial charge >= 0.3 is 6.09 Å². The summed E-state index contributed by atoms with van der Waals surface area (Å²) >= 11 is 3.60. The number of nitrogens with zero attached hydrogens (tertiary/aromatic N) is 2. The minimum absolute atomic E-state index is 0.0527. The Balaban J connectivity index is 1.50. The Morgan fingerprint density at radius 3 is 2.50 bits per heavy atom. The summed E-state index contributed by atoms with van der Waals surface area (Å²) < 4.78 is 5.78. The van der Waals surface area contributed by atoms with Crippen molar-refractivity contribution < 1.29 is 9.53 Å². The molecule has 2 N–H and O–H groups in total. The van der Waals surface area contributed by atoms with Gasteiger partial charge in [-0.3, -0.25) is 9.89 Å². The van der Waals surface area contributed by atoms with Gasteiger partial charge in [0.25, 0.3) is 0 Å². The van der Waals surface area contributed by atoms with E-state index in [1.54, 1.807) is 0 Å². The van der Waals surface area contributed by atoms with Crippen LogP contribution in [0.2, 0.25) is 0 Å². The van der Waals surface area contributed by atoms with Gasteiger partial charge in [0.15, 0.2) is 0 Å². The van der Waals surface area contributed by atoms with Crippen LogP contribution in [0.1, 0.15) is 51.1 Å². The van der Waals surface area contributed by atoms with Gasteiger partial charge in [0, 0.05) is 12.3 Å². The maximum atomic E-state index is 12.8. The number of halogens is 1. The number of alkyl halides is 1. The summed E-state index contributed by atoms with van der Waals surface area (Å²) in [7, 11) is 0. The van der Waals surface area contributed by atoms with Crippen molar-refractivity contribution in [2.45, 2.75) is 68.2 Å². The molecule has 1 aromatic rings. The standard InChI is InChI=1S/C22H28BrN3O2/c1-22(2)19(15-6-4-3-5-7-15)26(21(27)28-22)17-10-8-14(9-11-17)16-12-18(23)20(24)25-13-16/h3-7,12-14,17-20H,8-11,24H2,1-2H3. The molecule has 1 amide bonds. The van der Waals surface area contributed by atoms with Crippen LogP contribution in [0.4, 0.5) is 4.79 Å². The number of benzene rings is 1. The van der Waals surface area contributed by atoms with Crippen molar-refractivity contribution in [1.82, 2.24) is 4.90 Å². The Kier molecular flexibility index (Phi) is 5.36. The fraction of sp³-hybridized carbons (Fsp3) is 0.545. The number of rotatable bonds is 3. The van der Waals surface area contributed by atoms with Crippen molar-refractivity contribution in [2.24, 2.45) is 16.6 Å². The molecule has 1 aromatic carbocycles. The molecule has 3 atom stereocenters. The largest absolute Gasteiger partial charge is 0.441 e. The smallest absolute Gasteiger partial charge is 0.411 e. The second-order valence-corrected chi connectivity index (χ2v) is 9.63. The summed E-state index contributed by atoms with van der Waals surface area (Å²) in [5.41, 5.74) is 7.81. The SMILES string of the molecule is CC1(C)OC(=O)N(C2CCC(C3=CC(Br)C(N)N=C3)CC2)C1c1ccccc1. The van der Waals surface area contributed by atoms with Crippen molar-refractivity contribution in [3.05, 3.63) is 47.5 Å². The van der Waals surface area contributed by atoms with E-state index in [1.165, 1.54) is 5.57 Å². The van der Waals surface area contributed by atoms with Crippen LogP contribution in [0, 0.1) is 5.92 Å². The molecular weight excluding hydrogens is 418 g/mol. The Morgan fingerprint density at radius 2 is 1.86 bits per heavy atom. The molecule has 150 valence electrons. The summed E-state index contributed by atoms with van der Waals surface area (Å²) in [6, 6.07) is 10.4. The van der Waals surface area contributed by atoms with Crippen LogP contribution in [0.5, 0.6) is 0 Å². The van der Waals surface area contributed by atoms with Gasteiger partial charge in [-0.15, -0.1) is 0 Å². The molecule has 1 saturated heterocycles. The molecule has 3 unspecified atom stereocenters. The highest BCUT2D eigenvalue weighted by Crippen LogP contribution is 2.45. The third-order valence-electron chi connectivity index (χ3n) is 6.25. The summed E-state index contributed by atoms with van der Waals surface area (Å²) in [6.45, 7) is 4.02. The van der Waals surface area contributed by atoms with E-state index in [4.69, 9.17) is 10.5 Å². The number of carbonyl (C=O) groups is 1. The van der Waals surface area contributed by atoms with Crippen molar-refractivity contribution in [2.75, 3.05) is 0 Å². The monoisotopic (exact) mass is 445 g/mol. The van der Waals surface area contributed by atoms with Crippen molar-refractivity contribution in [1.29, 1.82) is 0 Å². The molecule has 1 aliphatic carbocycles. The zero-order valence-corrected chi connectivity index (χ0v) is 18.0. The molecule has 2 heterocycles. The topological polar surface area (TPSA) is 67.9 Å². The van der Waals surface area contributed by atoms with Gasteiger partial charge in [0.1, 0.15) is 11.8 Å². The quantitative estimate of drug-likeness (QED) is 0.692. The van der Waals surface area contributed by atoms with E-state index in [9.17, 15) is 4.79 Å². The van der Waals surface area contributed by atoms with Gasteiger partial charge in [-0.05, 0) is 56.6 Å². The Bertz CT molecular complexity index is 784. The first-order valence-corrected chi connectivity index (χ1v) is 11.0. The van der Waals surface area contributed by atoms with Gasteiger partial charge in [-0.1, -0.05) is 52.3 Å². The third kappa shape index (κ3) is 3.64. The van der Waals surface area contributed by atoms with E-state index < -0.39 is 5.60 Å². The van der Waals surface area contributed by atoms with Crippen LogP contribution in [-0.4, -0.2) is 39.8 Å². The van der Waals surface area contributed by atoms with Gasteiger partial charge in [0.2, 0.25) is 0 Å². The number of allylic oxidation sites excluding steroid dienone is 1. The Labute approximate surface area is 175 Å². The third-order valence-corrected chi connectivity index (χ3v) is 7.05. The van der Waals surface area contributed by atoms with E-state index in [0.717, 1.165) is 31.2 Å². The number of cyclic esters (lactones) is 1. The zero-order chi connectivity index (χ0) is 19.9. The highest BCUT2D eigenvalue weighted by Gasteiger charge is 2.51. The van der Waals surface area contributed by atoms with Crippen LogP contribution >= 0.6 is 15.9 Å². The van der Waals surface area contributed by atoms with Gasteiger partial charge in [0.05, 0.1) is 10.9 Å². The van der Waals surface area contributed by atoms with E-state index in [-0.39, 0.29) is 29.2 Å². The Morgan fingerprint density at radius 1 is 1.18 bits per heavy atom. The first kappa shape index (κ1) is 19.6. The van der Waals surface area contributed by atoms with Crippen molar-refractivity contribution >= 4 is 28.2 Å². The molecule has 28 heavy (non-hydrogen) atoms. The van der Waals surface area contributed by atoms with E-state index >= 15 is 0 Å². The lowest BCUT2D eigenvalue weighted by atomic mass is 9.79. The number of hydrogen-bond acceptors (Lipinski definition) is 4. The lowest BCUT2D eigenvalue weighted by Crippen LogP contribution is -2.43. The molecule has 3 aliphatic rings. The summed E-state index contributed by atoms with van der Waals surface area (Å²) in [4.78, 5) is 19.3. The fourth-order valence-corrected chi connectivity index (χ4v) is 5.28. The average molecular weight is 446 g/mol. The lowest BCUT2D eigenvalue weighted by molar-refractivity contribution is 0.0663. The number of amides is 1. The minimum atomic E-state index is -0.535. The molecule has 4 rings (SSSR count). The molecular formula is C22H28BrN3O2. The number of hydrogen-bond donors (Lipinski definition) is 1. The zero-order valence-electron chi connectivity index (χ0n) is 16.4. The maximum Gasteiger partial charge on any atom is 0.411 e. The van der Waals surface area contributed by atoms with Crippen LogP contribution in [0.25, 0.3) is 0 Å². The second-order valence-electron chi connectivity index (χ2n) is 8.58. The Hall–Kier alpha value is -1.66. The van der Waals surface area contributed by atoms with E-state index in [1.807, 2.05) is 43.2 Å². The summed E-state index contributed by atoms with van der Waals surface area (Å²) in [5, 5.41) is 0. The summed E-state index contributed by atoms with van der Waals surface area (Å²) in [6.07, 6.45) is 7.79. The predicted octanol–water partition coefficient (Wildman–Crippen LogP) is 4.58. The van der Waals surface area contributed by atoms with E-state index in [0.29, 0.717) is 5.92 Å². The van der Waals surface area contributed by atoms with Gasteiger partial charge in [-0.2, -0.15) is 0 Å². The molecule has 1 saturated carbocycles. The summed E-state index contributed by atoms with van der Waals surface area (Å²) in [5.74, 6) is 0.481. The number of aliphatic imine (C=N–C) groups is 1. The first-order chi connectivity index (χ1) is 13.4. The van der Waals surface area contributed by atoms with Crippen molar-refractivity contribution in [3.8, 4) is 0 Å². The van der Waals surface area contributed by atoms with E-state index in [2.05, 4.69) is 39.1 Å². The molecule has 0 bridgehead atoms. The second kappa shape index (κ2) is 7.64. The van der Waals surface area contributed by atoms with Crippen LogP contribution in [0.3, 0.4) is 0 Å². The fourth-order valence-electron chi connectivity index (χ4n) is 4.84. The number of dihydropyridines is 1. The molecule has 0 radical (unpaired) electrons. The highest BCUT2D eigenvalue weighted by atomic mass is 79.9. The normalized spacial score (nSPS) is 34.9. The predicted molar refractivity (Wildman–Crippen MR) is 115 cm³/mol. The minimum Gasteiger partial charge on any atom is -0.441 e. The molecule has 2 fully saturated rings. The van der Waals surface area contributed by atoms with Crippen LogP contribution in [-0.2, 0) is 4.74 Å². The van der Waals surface area contributed by atoms with Crippen molar-refractivity contribution in [3.63, 3.8) is 0 Å². The van der Waals surface area contributed by atoms with Crippen LogP contribution < -0.4 is 5.73 Å².